The third-order valence-corrected chi connectivity index (χ3v) is 4.26. The normalized spacial score (nSPS) is 11.1. The van der Waals surface area contributed by atoms with Gasteiger partial charge in [0.2, 0.25) is 11.8 Å². The molecule has 0 aliphatic rings. The summed E-state index contributed by atoms with van der Waals surface area (Å²) < 4.78 is 21.6. The number of carbonyl (C=O) groups is 2. The Labute approximate surface area is 182 Å². The van der Waals surface area contributed by atoms with Gasteiger partial charge < -0.3 is 29.6 Å². The van der Waals surface area contributed by atoms with Gasteiger partial charge in [0.25, 0.3) is 0 Å². The van der Waals surface area contributed by atoms with Crippen LogP contribution in [0.15, 0.2) is 0 Å². The van der Waals surface area contributed by atoms with Gasteiger partial charge in [0.1, 0.15) is 6.61 Å². The summed E-state index contributed by atoms with van der Waals surface area (Å²) in [5.74, 6) is 0.114. The summed E-state index contributed by atoms with van der Waals surface area (Å²) in [5, 5.41) is 5.74. The Morgan fingerprint density at radius 2 is 1.17 bits per heavy atom. The standard InChI is InChI=1S/C22H44N2O6/c1-4-27-19-21(25)23-11-7-5-9-13-28-15-17-30-18-16-29-14-10-6-8-12-24-22(26)20(2)3/h20H,4-19H2,1-3H3,(H,23,25)(H,24,26). The molecular formula is C22H44N2O6. The van der Waals surface area contributed by atoms with Crippen molar-refractivity contribution in [2.45, 2.75) is 59.3 Å². The molecule has 0 aromatic carbocycles. The van der Waals surface area contributed by atoms with Crippen LogP contribution in [0.5, 0.6) is 0 Å². The van der Waals surface area contributed by atoms with Gasteiger partial charge in [-0.3, -0.25) is 9.59 Å². The number of carbonyl (C=O) groups excluding carboxylic acids is 2. The molecule has 0 aromatic heterocycles. The molecular weight excluding hydrogens is 388 g/mol. The van der Waals surface area contributed by atoms with Crippen molar-refractivity contribution in [2.24, 2.45) is 5.92 Å². The fraction of sp³-hybridized carbons (Fsp3) is 0.909. The van der Waals surface area contributed by atoms with Gasteiger partial charge in [0.15, 0.2) is 0 Å². The Bertz CT molecular complexity index is 407. The van der Waals surface area contributed by atoms with Crippen LogP contribution < -0.4 is 10.6 Å². The Hall–Kier alpha value is -1.22. The van der Waals surface area contributed by atoms with Gasteiger partial charge in [-0.05, 0) is 45.4 Å². The molecule has 0 bridgehead atoms. The molecule has 8 heteroatoms. The maximum absolute atomic E-state index is 11.4. The minimum absolute atomic E-state index is 0.0514. The average Bonchev–Trinajstić information content (AvgIpc) is 2.73. The molecule has 0 atom stereocenters. The fourth-order valence-electron chi connectivity index (χ4n) is 2.44. The summed E-state index contributed by atoms with van der Waals surface area (Å²) in [6.45, 7) is 11.6. The minimum Gasteiger partial charge on any atom is -0.379 e. The molecule has 0 saturated heterocycles. The maximum Gasteiger partial charge on any atom is 0.245 e. The molecule has 0 spiro atoms. The summed E-state index contributed by atoms with van der Waals surface area (Å²) in [6.07, 6.45) is 5.97. The predicted molar refractivity (Wildman–Crippen MR) is 118 cm³/mol. The van der Waals surface area contributed by atoms with Crippen molar-refractivity contribution in [3.8, 4) is 0 Å². The topological polar surface area (TPSA) is 95.1 Å². The van der Waals surface area contributed by atoms with Crippen LogP contribution in [-0.2, 0) is 28.5 Å². The summed E-state index contributed by atoms with van der Waals surface area (Å²) in [4.78, 5) is 22.7. The quantitative estimate of drug-likeness (QED) is 0.255. The van der Waals surface area contributed by atoms with E-state index in [1.807, 2.05) is 20.8 Å². The van der Waals surface area contributed by atoms with E-state index in [4.69, 9.17) is 18.9 Å². The highest BCUT2D eigenvalue weighted by molar-refractivity contribution is 5.77. The van der Waals surface area contributed by atoms with Crippen LogP contribution in [-0.4, -0.2) is 77.8 Å². The van der Waals surface area contributed by atoms with E-state index >= 15 is 0 Å². The van der Waals surface area contributed by atoms with Crippen LogP contribution in [0.25, 0.3) is 0 Å². The van der Waals surface area contributed by atoms with Gasteiger partial charge in [-0.1, -0.05) is 13.8 Å². The Morgan fingerprint density at radius 1 is 0.667 bits per heavy atom. The lowest BCUT2D eigenvalue weighted by atomic mass is 10.2. The molecule has 2 N–H and O–H groups in total. The molecule has 0 unspecified atom stereocenters. The predicted octanol–water partition coefficient (Wildman–Crippen LogP) is 2.30. The second-order valence-electron chi connectivity index (χ2n) is 7.39. The number of unbranched alkanes of at least 4 members (excludes halogenated alkanes) is 4. The lowest BCUT2D eigenvalue weighted by Gasteiger charge is -2.08. The van der Waals surface area contributed by atoms with Crippen LogP contribution in [0, 0.1) is 5.92 Å². The lowest BCUT2D eigenvalue weighted by molar-refractivity contribution is -0.125. The second-order valence-corrected chi connectivity index (χ2v) is 7.39. The Kier molecular flexibility index (Phi) is 21.6. The molecule has 0 radical (unpaired) electrons. The molecule has 2 amide bonds. The summed E-state index contributed by atoms with van der Waals surface area (Å²) in [6, 6.07) is 0. The monoisotopic (exact) mass is 432 g/mol. The van der Waals surface area contributed by atoms with Crippen molar-refractivity contribution < 1.29 is 28.5 Å². The fourth-order valence-corrected chi connectivity index (χ4v) is 2.44. The van der Waals surface area contributed by atoms with Crippen LogP contribution in [0.2, 0.25) is 0 Å². The molecule has 8 nitrogen and oxygen atoms in total. The lowest BCUT2D eigenvalue weighted by Crippen LogP contribution is -2.28. The zero-order valence-corrected chi connectivity index (χ0v) is 19.3. The highest BCUT2D eigenvalue weighted by Gasteiger charge is 2.04. The highest BCUT2D eigenvalue weighted by atomic mass is 16.5. The molecule has 0 aromatic rings. The summed E-state index contributed by atoms with van der Waals surface area (Å²) in [5.41, 5.74) is 0. The van der Waals surface area contributed by atoms with Crippen molar-refractivity contribution in [3.05, 3.63) is 0 Å². The largest absolute Gasteiger partial charge is 0.379 e. The van der Waals surface area contributed by atoms with E-state index in [2.05, 4.69) is 10.6 Å². The van der Waals surface area contributed by atoms with Crippen molar-refractivity contribution in [1.29, 1.82) is 0 Å². The van der Waals surface area contributed by atoms with Gasteiger partial charge in [-0.25, -0.2) is 0 Å². The molecule has 30 heavy (non-hydrogen) atoms. The smallest absolute Gasteiger partial charge is 0.245 e. The molecule has 0 fully saturated rings. The Morgan fingerprint density at radius 3 is 1.67 bits per heavy atom. The van der Waals surface area contributed by atoms with Crippen molar-refractivity contribution >= 4 is 11.8 Å². The van der Waals surface area contributed by atoms with Gasteiger partial charge in [0, 0.05) is 38.8 Å². The number of nitrogens with one attached hydrogen (secondary N) is 2. The van der Waals surface area contributed by atoms with E-state index in [-0.39, 0.29) is 24.3 Å². The summed E-state index contributed by atoms with van der Waals surface area (Å²) >= 11 is 0. The molecule has 0 heterocycles. The zero-order valence-electron chi connectivity index (χ0n) is 19.3. The molecule has 0 saturated carbocycles. The SMILES string of the molecule is CCOCC(=O)NCCCCCOCCOCCOCCCCCNC(=O)C(C)C. The average molecular weight is 433 g/mol. The number of hydrogen-bond donors (Lipinski definition) is 2. The van der Waals surface area contributed by atoms with E-state index in [9.17, 15) is 9.59 Å². The second kappa shape index (κ2) is 22.5. The van der Waals surface area contributed by atoms with Gasteiger partial charge in [0.05, 0.1) is 26.4 Å². The van der Waals surface area contributed by atoms with Crippen molar-refractivity contribution in [3.63, 3.8) is 0 Å². The maximum atomic E-state index is 11.4. The van der Waals surface area contributed by atoms with Crippen LogP contribution in [0.3, 0.4) is 0 Å². The third-order valence-electron chi connectivity index (χ3n) is 4.26. The number of ether oxygens (including phenoxy) is 4. The molecule has 0 aliphatic heterocycles. The van der Waals surface area contributed by atoms with Crippen LogP contribution in [0.4, 0.5) is 0 Å². The number of amides is 2. The van der Waals surface area contributed by atoms with Crippen molar-refractivity contribution in [2.75, 3.05) is 65.9 Å². The molecule has 178 valence electrons. The van der Waals surface area contributed by atoms with Crippen LogP contribution in [0.1, 0.15) is 59.3 Å². The first kappa shape index (κ1) is 28.8. The minimum atomic E-state index is -0.0543. The number of hydrogen-bond acceptors (Lipinski definition) is 6. The van der Waals surface area contributed by atoms with Crippen LogP contribution >= 0.6 is 0 Å². The highest BCUT2D eigenvalue weighted by Crippen LogP contribution is 1.97. The Balaban J connectivity index is 3.11. The van der Waals surface area contributed by atoms with Crippen molar-refractivity contribution in [1.82, 2.24) is 10.6 Å². The summed E-state index contributed by atoms with van der Waals surface area (Å²) in [7, 11) is 0. The first-order chi connectivity index (χ1) is 14.6. The zero-order chi connectivity index (χ0) is 22.3. The first-order valence-corrected chi connectivity index (χ1v) is 11.4. The molecule has 0 rings (SSSR count). The molecule has 0 aliphatic carbocycles. The number of rotatable bonds is 22. The van der Waals surface area contributed by atoms with E-state index in [0.717, 1.165) is 51.7 Å². The van der Waals surface area contributed by atoms with E-state index < -0.39 is 0 Å². The third kappa shape index (κ3) is 21.5. The van der Waals surface area contributed by atoms with E-state index in [0.29, 0.717) is 46.2 Å². The van der Waals surface area contributed by atoms with Gasteiger partial charge in [-0.15, -0.1) is 0 Å². The first-order valence-electron chi connectivity index (χ1n) is 11.4. The van der Waals surface area contributed by atoms with E-state index in [1.54, 1.807) is 0 Å². The van der Waals surface area contributed by atoms with Gasteiger partial charge in [-0.2, -0.15) is 0 Å². The van der Waals surface area contributed by atoms with E-state index in [1.165, 1.54) is 0 Å². The van der Waals surface area contributed by atoms with Gasteiger partial charge >= 0.3 is 0 Å².